The predicted octanol–water partition coefficient (Wildman–Crippen LogP) is 7.95. The Morgan fingerprint density at radius 3 is 1.93 bits per heavy atom. The standard InChI is InChI=1S/C27H22N2O/c1-18(2)28-22-10-4-3-9-20(22)21-17-19(15-16-23(21)28)29-24-11-5-7-13-26(24)30-27-14-8-6-12-25(27)29/h3-18H,1-2H3. The van der Waals surface area contributed by atoms with E-state index in [0.29, 0.717) is 6.04 Å². The fraction of sp³-hybridized carbons (Fsp3) is 0.111. The van der Waals surface area contributed by atoms with Gasteiger partial charge in [-0.2, -0.15) is 0 Å². The van der Waals surface area contributed by atoms with Crippen molar-refractivity contribution in [2.75, 3.05) is 4.90 Å². The molecule has 0 atom stereocenters. The lowest BCUT2D eigenvalue weighted by atomic mass is 10.1. The summed E-state index contributed by atoms with van der Waals surface area (Å²) in [5.41, 5.74) is 5.80. The zero-order valence-electron chi connectivity index (χ0n) is 17.0. The highest BCUT2D eigenvalue weighted by molar-refractivity contribution is 6.09. The molecule has 1 aromatic heterocycles. The van der Waals surface area contributed by atoms with Crippen molar-refractivity contribution < 1.29 is 4.74 Å². The first-order chi connectivity index (χ1) is 14.7. The van der Waals surface area contributed by atoms with Crippen LogP contribution in [0.2, 0.25) is 0 Å². The molecule has 1 aliphatic heterocycles. The number of fused-ring (bicyclic) bond motifs is 5. The van der Waals surface area contributed by atoms with Gasteiger partial charge in [-0.15, -0.1) is 0 Å². The summed E-state index contributed by atoms with van der Waals surface area (Å²) in [6.45, 7) is 4.49. The third-order valence-corrected chi connectivity index (χ3v) is 5.90. The third-order valence-electron chi connectivity index (χ3n) is 5.90. The first-order valence-corrected chi connectivity index (χ1v) is 10.4. The van der Waals surface area contributed by atoms with Crippen LogP contribution < -0.4 is 9.64 Å². The molecule has 0 aliphatic carbocycles. The van der Waals surface area contributed by atoms with Crippen molar-refractivity contribution in [3.63, 3.8) is 0 Å². The van der Waals surface area contributed by atoms with Gasteiger partial charge < -0.3 is 14.2 Å². The maximum Gasteiger partial charge on any atom is 0.151 e. The largest absolute Gasteiger partial charge is 0.453 e. The minimum Gasteiger partial charge on any atom is -0.453 e. The van der Waals surface area contributed by atoms with E-state index in [0.717, 1.165) is 28.6 Å². The van der Waals surface area contributed by atoms with Gasteiger partial charge in [-0.05, 0) is 62.4 Å². The smallest absolute Gasteiger partial charge is 0.151 e. The van der Waals surface area contributed by atoms with Gasteiger partial charge in [-0.1, -0.05) is 42.5 Å². The first-order valence-electron chi connectivity index (χ1n) is 10.4. The van der Waals surface area contributed by atoms with E-state index in [1.807, 2.05) is 24.3 Å². The molecule has 0 radical (unpaired) electrons. The van der Waals surface area contributed by atoms with Crippen LogP contribution in [0.25, 0.3) is 21.8 Å². The van der Waals surface area contributed by atoms with E-state index in [2.05, 4.69) is 90.0 Å². The normalized spacial score (nSPS) is 12.8. The van der Waals surface area contributed by atoms with Crippen molar-refractivity contribution in [1.82, 2.24) is 4.57 Å². The number of para-hydroxylation sites is 5. The third kappa shape index (κ3) is 2.38. The molecule has 0 saturated heterocycles. The fourth-order valence-electron chi connectivity index (χ4n) is 4.67. The van der Waals surface area contributed by atoms with E-state index >= 15 is 0 Å². The first kappa shape index (κ1) is 17.2. The number of ether oxygens (including phenoxy) is 1. The maximum atomic E-state index is 6.18. The summed E-state index contributed by atoms with van der Waals surface area (Å²) in [7, 11) is 0. The number of rotatable bonds is 2. The van der Waals surface area contributed by atoms with Gasteiger partial charge in [0.15, 0.2) is 11.5 Å². The number of nitrogens with zero attached hydrogens (tertiary/aromatic N) is 2. The van der Waals surface area contributed by atoms with E-state index in [-0.39, 0.29) is 0 Å². The molecule has 0 saturated carbocycles. The van der Waals surface area contributed by atoms with Crippen LogP contribution in [0.4, 0.5) is 17.1 Å². The lowest BCUT2D eigenvalue weighted by molar-refractivity contribution is 0.477. The van der Waals surface area contributed by atoms with Crippen LogP contribution in [0, 0.1) is 0 Å². The van der Waals surface area contributed by atoms with Crippen LogP contribution in [-0.2, 0) is 0 Å². The van der Waals surface area contributed by atoms with E-state index in [9.17, 15) is 0 Å². The molecule has 3 nitrogen and oxygen atoms in total. The minimum atomic E-state index is 0.392. The highest BCUT2D eigenvalue weighted by Gasteiger charge is 2.25. The summed E-state index contributed by atoms with van der Waals surface area (Å²) < 4.78 is 8.60. The van der Waals surface area contributed by atoms with Crippen molar-refractivity contribution in [1.29, 1.82) is 0 Å². The van der Waals surface area contributed by atoms with Crippen molar-refractivity contribution in [2.45, 2.75) is 19.9 Å². The average molecular weight is 390 g/mol. The highest BCUT2D eigenvalue weighted by Crippen LogP contribution is 2.50. The zero-order chi connectivity index (χ0) is 20.2. The second kappa shape index (κ2) is 6.39. The van der Waals surface area contributed by atoms with E-state index in [4.69, 9.17) is 4.74 Å². The number of benzene rings is 4. The van der Waals surface area contributed by atoms with Crippen LogP contribution in [0.15, 0.2) is 91.0 Å². The molecule has 3 heteroatoms. The average Bonchev–Trinajstić information content (AvgIpc) is 3.11. The molecule has 4 aromatic carbocycles. The Hall–Kier alpha value is -3.72. The molecule has 0 unspecified atom stereocenters. The van der Waals surface area contributed by atoms with Gasteiger partial charge in [-0.3, -0.25) is 0 Å². The number of hydrogen-bond donors (Lipinski definition) is 0. The Balaban J connectivity index is 1.64. The van der Waals surface area contributed by atoms with Crippen molar-refractivity contribution >= 4 is 38.9 Å². The molecule has 2 heterocycles. The number of anilines is 3. The van der Waals surface area contributed by atoms with Crippen molar-refractivity contribution in [2.24, 2.45) is 0 Å². The Morgan fingerprint density at radius 1 is 0.633 bits per heavy atom. The zero-order valence-corrected chi connectivity index (χ0v) is 17.0. The van der Waals surface area contributed by atoms with Crippen LogP contribution in [0.1, 0.15) is 19.9 Å². The molecule has 0 amide bonds. The van der Waals surface area contributed by atoms with Gasteiger partial charge in [0, 0.05) is 33.5 Å². The van der Waals surface area contributed by atoms with Gasteiger partial charge in [0.05, 0.1) is 11.4 Å². The van der Waals surface area contributed by atoms with Crippen LogP contribution in [0.3, 0.4) is 0 Å². The highest BCUT2D eigenvalue weighted by atomic mass is 16.5. The molecule has 6 rings (SSSR count). The Labute approximate surface area is 175 Å². The molecule has 5 aromatic rings. The summed E-state index contributed by atoms with van der Waals surface area (Å²) in [6, 6.07) is 32.3. The van der Waals surface area contributed by atoms with Crippen molar-refractivity contribution in [3.05, 3.63) is 91.0 Å². The van der Waals surface area contributed by atoms with E-state index in [1.165, 1.54) is 21.8 Å². The van der Waals surface area contributed by atoms with Crippen LogP contribution in [-0.4, -0.2) is 4.57 Å². The summed E-state index contributed by atoms with van der Waals surface area (Å²) in [4.78, 5) is 2.30. The van der Waals surface area contributed by atoms with Crippen LogP contribution in [0.5, 0.6) is 11.5 Å². The second-order valence-electron chi connectivity index (χ2n) is 8.06. The minimum absolute atomic E-state index is 0.392. The summed E-state index contributed by atoms with van der Waals surface area (Å²) in [5.74, 6) is 1.75. The number of hydrogen-bond acceptors (Lipinski definition) is 2. The van der Waals surface area contributed by atoms with Gasteiger partial charge in [0.25, 0.3) is 0 Å². The topological polar surface area (TPSA) is 17.4 Å². The summed E-state index contributed by atoms with van der Waals surface area (Å²) >= 11 is 0. The lowest BCUT2D eigenvalue weighted by Gasteiger charge is -2.32. The second-order valence-corrected chi connectivity index (χ2v) is 8.06. The lowest BCUT2D eigenvalue weighted by Crippen LogP contribution is -2.15. The van der Waals surface area contributed by atoms with Gasteiger partial charge in [0.2, 0.25) is 0 Å². The fourth-order valence-corrected chi connectivity index (χ4v) is 4.67. The molecule has 0 fully saturated rings. The molecule has 1 aliphatic rings. The summed E-state index contributed by atoms with van der Waals surface area (Å²) in [6.07, 6.45) is 0. The predicted molar refractivity (Wildman–Crippen MR) is 125 cm³/mol. The van der Waals surface area contributed by atoms with Gasteiger partial charge in [-0.25, -0.2) is 0 Å². The molecule has 30 heavy (non-hydrogen) atoms. The molecule has 0 N–H and O–H groups in total. The van der Waals surface area contributed by atoms with Crippen molar-refractivity contribution in [3.8, 4) is 11.5 Å². The number of aromatic nitrogens is 1. The monoisotopic (exact) mass is 390 g/mol. The molecule has 0 bridgehead atoms. The Kier molecular flexibility index (Phi) is 3.66. The SMILES string of the molecule is CC(C)n1c2ccccc2c2cc(N3c4ccccc4Oc4ccccc43)ccc21. The molecular weight excluding hydrogens is 368 g/mol. The van der Waals surface area contributed by atoms with E-state index < -0.39 is 0 Å². The molecular formula is C27H22N2O. The van der Waals surface area contributed by atoms with Crippen LogP contribution >= 0.6 is 0 Å². The van der Waals surface area contributed by atoms with E-state index in [1.54, 1.807) is 0 Å². The Bertz CT molecular complexity index is 1370. The van der Waals surface area contributed by atoms with Gasteiger partial charge in [0.1, 0.15) is 0 Å². The quantitative estimate of drug-likeness (QED) is 0.298. The summed E-state index contributed by atoms with van der Waals surface area (Å²) in [5, 5.41) is 2.57. The van der Waals surface area contributed by atoms with Gasteiger partial charge >= 0.3 is 0 Å². The molecule has 0 spiro atoms. The maximum absolute atomic E-state index is 6.18. The molecule has 146 valence electrons. The Morgan fingerprint density at radius 2 is 1.23 bits per heavy atom.